The highest BCUT2D eigenvalue weighted by molar-refractivity contribution is 6.71. The van der Waals surface area contributed by atoms with Crippen LogP contribution in [-0.4, -0.2) is 85.9 Å². The van der Waals surface area contributed by atoms with Crippen LogP contribution in [0.5, 0.6) is 0 Å². The molecule has 0 rings (SSSR count). The standard InChI is InChI=1S/C22H55NO6Si5/c1-24-23-19(17-25-30(2,3)4)21(28-33(11,12)13)22(29-34(14,15)16)20(27-32(8,9)10)18-26-31(5,6)7/h20-22H,17-18H2,1-16H3/b23-19+. The molecular weight excluding hydrogens is 515 g/mol. The van der Waals surface area contributed by atoms with Crippen LogP contribution >= 0.6 is 0 Å². The Balaban J connectivity index is 6.64. The van der Waals surface area contributed by atoms with Crippen LogP contribution < -0.4 is 0 Å². The Kier molecular flexibility index (Phi) is 13.4. The molecule has 0 aliphatic rings. The second kappa shape index (κ2) is 13.2. The lowest BCUT2D eigenvalue weighted by Crippen LogP contribution is -2.58. The Morgan fingerprint density at radius 1 is 0.588 bits per heavy atom. The second-order valence-corrected chi connectivity index (χ2v) is 36.1. The molecule has 0 bridgehead atoms. The first-order valence-electron chi connectivity index (χ1n) is 12.3. The summed E-state index contributed by atoms with van der Waals surface area (Å²) in [6, 6.07) is 0. The number of hydrogen-bond donors (Lipinski definition) is 0. The van der Waals surface area contributed by atoms with Crippen molar-refractivity contribution in [1.82, 2.24) is 0 Å². The zero-order chi connectivity index (χ0) is 27.2. The lowest BCUT2D eigenvalue weighted by molar-refractivity contribution is -0.0307. The summed E-state index contributed by atoms with van der Waals surface area (Å²) in [7, 11) is -7.95. The van der Waals surface area contributed by atoms with E-state index in [1.54, 1.807) is 7.11 Å². The first-order chi connectivity index (χ1) is 14.9. The Bertz CT molecular complexity index is 630. The molecule has 0 aromatic heterocycles. The van der Waals surface area contributed by atoms with E-state index in [1.165, 1.54) is 0 Å². The lowest BCUT2D eigenvalue weighted by Gasteiger charge is -2.42. The summed E-state index contributed by atoms with van der Waals surface area (Å²) in [5, 5.41) is 4.42. The van der Waals surface area contributed by atoms with Crippen LogP contribution in [0.3, 0.4) is 0 Å². The van der Waals surface area contributed by atoms with Crippen LogP contribution in [0.15, 0.2) is 5.16 Å². The fourth-order valence-corrected chi connectivity index (χ4v) is 7.48. The number of nitrogens with zero attached hydrogens (tertiary/aromatic N) is 1. The van der Waals surface area contributed by atoms with Crippen molar-refractivity contribution < 1.29 is 27.0 Å². The third-order valence-electron chi connectivity index (χ3n) is 4.01. The molecular formula is C22H55NO6Si5. The maximum Gasteiger partial charge on any atom is 0.184 e. The molecule has 3 unspecified atom stereocenters. The summed E-state index contributed by atoms with van der Waals surface area (Å²) >= 11 is 0. The molecule has 0 radical (unpaired) electrons. The molecule has 0 spiro atoms. The maximum absolute atomic E-state index is 6.87. The zero-order valence-corrected chi connectivity index (χ0v) is 30.0. The van der Waals surface area contributed by atoms with Gasteiger partial charge in [0.05, 0.1) is 19.3 Å². The van der Waals surface area contributed by atoms with Gasteiger partial charge in [0.1, 0.15) is 25.0 Å². The summed E-state index contributed by atoms with van der Waals surface area (Å²) in [6.07, 6.45) is -1.10. The quantitative estimate of drug-likeness (QED) is 0.123. The third-order valence-corrected chi connectivity index (χ3v) is 9.00. The summed E-state index contributed by atoms with van der Waals surface area (Å²) < 4.78 is 33.1. The van der Waals surface area contributed by atoms with Crippen molar-refractivity contribution >= 4 is 47.3 Å². The molecule has 0 fully saturated rings. The molecule has 0 aliphatic heterocycles. The smallest absolute Gasteiger partial charge is 0.184 e. The van der Waals surface area contributed by atoms with Crippen LogP contribution in [0, 0.1) is 0 Å². The van der Waals surface area contributed by atoms with Crippen LogP contribution in [0.1, 0.15) is 0 Å². The molecule has 34 heavy (non-hydrogen) atoms. The molecule has 0 aliphatic carbocycles. The minimum Gasteiger partial charge on any atom is -0.415 e. The highest BCUT2D eigenvalue weighted by Crippen LogP contribution is 2.26. The topological polar surface area (TPSA) is 67.7 Å². The van der Waals surface area contributed by atoms with Crippen molar-refractivity contribution in [3.8, 4) is 0 Å². The fourth-order valence-electron chi connectivity index (χ4n) is 3.00. The minimum atomic E-state index is -2.01. The molecule has 0 saturated heterocycles. The lowest BCUT2D eigenvalue weighted by atomic mass is 10.0. The molecule has 0 aromatic carbocycles. The molecule has 0 saturated carbocycles. The third kappa shape index (κ3) is 17.7. The van der Waals surface area contributed by atoms with E-state index in [4.69, 9.17) is 27.0 Å². The average Bonchev–Trinajstić information content (AvgIpc) is 2.54. The number of oxime groups is 1. The SMILES string of the molecule is CO/N=C(\CO[Si](C)(C)C)C(O[Si](C)(C)C)C(O[Si](C)(C)C)C(CO[Si](C)(C)C)O[Si](C)(C)C. The van der Waals surface area contributed by atoms with Crippen LogP contribution in [-0.2, 0) is 27.0 Å². The van der Waals surface area contributed by atoms with Crippen LogP contribution in [0.4, 0.5) is 0 Å². The first-order valence-corrected chi connectivity index (χ1v) is 29.4. The van der Waals surface area contributed by atoms with Crippen molar-refractivity contribution in [1.29, 1.82) is 0 Å². The molecule has 7 nitrogen and oxygen atoms in total. The minimum absolute atomic E-state index is 0.277. The highest BCUT2D eigenvalue weighted by Gasteiger charge is 2.43. The highest BCUT2D eigenvalue weighted by atomic mass is 28.4. The van der Waals surface area contributed by atoms with Gasteiger partial charge >= 0.3 is 0 Å². The van der Waals surface area contributed by atoms with Gasteiger partial charge in [0, 0.05) is 0 Å². The van der Waals surface area contributed by atoms with Gasteiger partial charge in [-0.15, -0.1) is 0 Å². The molecule has 0 heterocycles. The van der Waals surface area contributed by atoms with E-state index in [-0.39, 0.29) is 12.2 Å². The largest absolute Gasteiger partial charge is 0.415 e. The second-order valence-electron chi connectivity index (χ2n) is 13.7. The van der Waals surface area contributed by atoms with Gasteiger partial charge < -0.3 is 27.0 Å². The fraction of sp³-hybridized carbons (Fsp3) is 0.955. The van der Waals surface area contributed by atoms with E-state index in [0.29, 0.717) is 18.9 Å². The normalized spacial score (nSPS) is 17.5. The van der Waals surface area contributed by atoms with Gasteiger partial charge in [0.15, 0.2) is 41.6 Å². The van der Waals surface area contributed by atoms with E-state index in [2.05, 4.69) is 103 Å². The Hall–Kier alpha value is 0.354. The Morgan fingerprint density at radius 3 is 1.38 bits per heavy atom. The van der Waals surface area contributed by atoms with Gasteiger partial charge in [0.25, 0.3) is 0 Å². The summed E-state index contributed by atoms with van der Waals surface area (Å²) in [4.78, 5) is 5.30. The monoisotopic (exact) mass is 569 g/mol. The van der Waals surface area contributed by atoms with Gasteiger partial charge in [-0.05, 0) is 98.2 Å². The molecule has 0 amide bonds. The van der Waals surface area contributed by atoms with E-state index < -0.39 is 47.7 Å². The molecule has 204 valence electrons. The van der Waals surface area contributed by atoms with Crippen molar-refractivity contribution in [2.24, 2.45) is 5.16 Å². The summed E-state index contributed by atoms with van der Waals surface area (Å²) in [5.41, 5.74) is 0.716. The molecule has 0 N–H and O–H groups in total. The van der Waals surface area contributed by atoms with Crippen molar-refractivity contribution in [3.63, 3.8) is 0 Å². The summed E-state index contributed by atoms with van der Waals surface area (Å²) in [6.45, 7) is 33.6. The summed E-state index contributed by atoms with van der Waals surface area (Å²) in [5.74, 6) is 0. The van der Waals surface area contributed by atoms with Gasteiger partial charge in [0.2, 0.25) is 0 Å². The van der Waals surface area contributed by atoms with Gasteiger partial charge in [-0.25, -0.2) is 0 Å². The Labute approximate surface area is 215 Å². The van der Waals surface area contributed by atoms with Gasteiger partial charge in [-0.2, -0.15) is 0 Å². The molecule has 12 heteroatoms. The van der Waals surface area contributed by atoms with Crippen molar-refractivity contribution in [2.75, 3.05) is 20.3 Å². The van der Waals surface area contributed by atoms with Crippen LogP contribution in [0.2, 0.25) is 98.2 Å². The van der Waals surface area contributed by atoms with Gasteiger partial charge in [-0.1, -0.05) is 5.16 Å². The van der Waals surface area contributed by atoms with E-state index >= 15 is 0 Å². The predicted octanol–water partition coefficient (Wildman–Crippen LogP) is 6.35. The molecule has 3 atom stereocenters. The zero-order valence-electron chi connectivity index (χ0n) is 25.0. The van der Waals surface area contributed by atoms with Crippen LogP contribution in [0.25, 0.3) is 0 Å². The van der Waals surface area contributed by atoms with Gasteiger partial charge in [-0.3, -0.25) is 0 Å². The van der Waals surface area contributed by atoms with Crippen molar-refractivity contribution in [3.05, 3.63) is 0 Å². The Morgan fingerprint density at radius 2 is 1.03 bits per heavy atom. The number of hydrogen-bond acceptors (Lipinski definition) is 7. The maximum atomic E-state index is 6.87. The molecule has 0 aromatic rings. The van der Waals surface area contributed by atoms with Crippen molar-refractivity contribution in [2.45, 2.75) is 117 Å². The predicted molar refractivity (Wildman–Crippen MR) is 158 cm³/mol. The van der Waals surface area contributed by atoms with E-state index in [0.717, 1.165) is 0 Å². The number of rotatable bonds is 16. The van der Waals surface area contributed by atoms with E-state index in [1.807, 2.05) is 0 Å². The average molecular weight is 570 g/mol. The first kappa shape index (κ1) is 34.4. The van der Waals surface area contributed by atoms with E-state index in [9.17, 15) is 0 Å².